The molecule has 8 N–H and O–H groups in total. The van der Waals surface area contributed by atoms with Crippen LogP contribution in [0, 0.1) is 5.92 Å². The largest absolute Gasteiger partial charge is 0.456 e. The summed E-state index contributed by atoms with van der Waals surface area (Å²) in [5.41, 5.74) is 12.0. The number of hydrogen-bond acceptors (Lipinski definition) is 15. The standard InChI is InChI=1S/C63H86N10O12S2/c1-11-73-52-40-54-48(39-47(52)43(4)41-62(73,5)6)45(37-53(85-54)44-21-13-12-14-22-44)23-17-25-55-63(7,49-38-46(87(81,82)84-10)28-29-51(49)72(55)35-20-36-86(79,80)83-9)30-18-27-56(74)66-33-34-67-59(76)50(24-19-31-68-61(64)78)70-60(77)58(42(2)3)71-57(75)26-15-16-32-69-65-8/h12-14,17,21-23,25,28-29,37-42,50,58H,11,15-16,18-20,24,26-27,30-36H2,1-10H3,(H6-,64,66,67,68,70,71,74,75,76,77,78)/p+2. The van der Waals surface area contributed by atoms with Gasteiger partial charge in [-0.1, -0.05) is 62.4 Å². The molecule has 0 bridgehead atoms. The molecule has 6 rings (SSSR count). The van der Waals surface area contributed by atoms with Crippen LogP contribution >= 0.6 is 0 Å². The molecular weight excluding hydrogens is 1150 g/mol. The van der Waals surface area contributed by atoms with Gasteiger partial charge < -0.3 is 36.6 Å². The van der Waals surface area contributed by atoms with E-state index in [0.717, 1.165) is 60.0 Å². The number of likely N-dealkylation sites (N-methyl/N-ethyl adjacent to an activating group) is 1. The fourth-order valence-electron chi connectivity index (χ4n) is 11.4. The van der Waals surface area contributed by atoms with E-state index in [1.165, 1.54) is 11.4 Å². The lowest BCUT2D eigenvalue weighted by Gasteiger charge is -2.43. The van der Waals surface area contributed by atoms with E-state index in [0.29, 0.717) is 61.4 Å². The molecule has 3 aliphatic rings. The van der Waals surface area contributed by atoms with E-state index in [2.05, 4.69) is 82.3 Å². The van der Waals surface area contributed by atoms with Crippen LogP contribution in [-0.4, -0.2) is 141 Å². The van der Waals surface area contributed by atoms with E-state index in [4.69, 9.17) is 18.8 Å². The first-order valence-electron chi connectivity index (χ1n) is 29.7. The van der Waals surface area contributed by atoms with Gasteiger partial charge in [-0.05, 0) is 114 Å². The monoisotopic (exact) mass is 1240 g/mol. The predicted molar refractivity (Wildman–Crippen MR) is 336 cm³/mol. The molecule has 3 unspecified atom stereocenters. The van der Waals surface area contributed by atoms with Crippen molar-refractivity contribution in [3.05, 3.63) is 113 Å². The number of unbranched alkanes of at least 4 members (excludes halogenated alkanes) is 1. The van der Waals surface area contributed by atoms with Crippen molar-refractivity contribution in [3.63, 3.8) is 0 Å². The Labute approximate surface area is 512 Å². The van der Waals surface area contributed by atoms with Gasteiger partial charge in [0, 0.05) is 85.5 Å². The second-order valence-corrected chi connectivity index (χ2v) is 26.5. The van der Waals surface area contributed by atoms with Crippen molar-refractivity contribution in [3.8, 4) is 5.75 Å². The van der Waals surface area contributed by atoms with Gasteiger partial charge in [-0.15, -0.1) is 0 Å². The van der Waals surface area contributed by atoms with Gasteiger partial charge in [0.15, 0.2) is 5.71 Å². The molecule has 0 radical (unpaired) electrons. The third-order valence-corrected chi connectivity index (χ3v) is 18.5. The summed E-state index contributed by atoms with van der Waals surface area (Å²) in [6.07, 6.45) is 12.9. The number of hydrogen-bond donors (Lipinski definition) is 6. The van der Waals surface area contributed by atoms with Crippen LogP contribution in [0.5, 0.6) is 5.75 Å². The number of anilines is 1. The zero-order valence-corrected chi connectivity index (χ0v) is 53.5. The Balaban J connectivity index is 1.25. The highest BCUT2D eigenvalue weighted by atomic mass is 32.2. The number of nitrogens with one attached hydrogen (secondary N) is 4. The molecule has 0 saturated heterocycles. The van der Waals surface area contributed by atoms with E-state index >= 15 is 0 Å². The fourth-order valence-corrected chi connectivity index (χ4v) is 12.8. The van der Waals surface area contributed by atoms with E-state index in [-0.39, 0.29) is 85.8 Å². The molecule has 6 amide bonds. The van der Waals surface area contributed by atoms with Crippen molar-refractivity contribution < 1.29 is 63.8 Å². The number of primary amides is 2. The van der Waals surface area contributed by atoms with Gasteiger partial charge in [0.25, 0.3) is 20.2 Å². The van der Waals surface area contributed by atoms with Crippen molar-refractivity contribution in [2.75, 3.05) is 71.2 Å². The van der Waals surface area contributed by atoms with Crippen molar-refractivity contribution in [2.24, 2.45) is 21.9 Å². The van der Waals surface area contributed by atoms with Crippen LogP contribution in [0.4, 0.5) is 16.2 Å². The van der Waals surface area contributed by atoms with E-state index in [1.807, 2.05) is 66.1 Å². The number of urea groups is 1. The van der Waals surface area contributed by atoms with Crippen molar-refractivity contribution >= 4 is 83.9 Å². The van der Waals surface area contributed by atoms with Gasteiger partial charge in [-0.25, -0.2) is 9.59 Å². The quantitative estimate of drug-likeness (QED) is 0.0168. The molecule has 0 aromatic heterocycles. The van der Waals surface area contributed by atoms with E-state index < -0.39 is 55.6 Å². The number of amides is 6. The molecule has 0 aliphatic carbocycles. The number of benzene rings is 3. The minimum Gasteiger partial charge on any atom is -0.456 e. The molecule has 0 saturated carbocycles. The highest BCUT2D eigenvalue weighted by Gasteiger charge is 2.48. The molecule has 87 heavy (non-hydrogen) atoms. The zero-order valence-electron chi connectivity index (χ0n) is 51.9. The summed E-state index contributed by atoms with van der Waals surface area (Å²) in [5.74, 6) is -0.806. The van der Waals surface area contributed by atoms with Gasteiger partial charge >= 0.3 is 11.9 Å². The van der Waals surface area contributed by atoms with Crippen molar-refractivity contribution in [1.29, 1.82) is 0 Å². The second kappa shape index (κ2) is 31.0. The van der Waals surface area contributed by atoms with Crippen LogP contribution in [0.25, 0.3) is 16.9 Å². The summed E-state index contributed by atoms with van der Waals surface area (Å²) in [6, 6.07) is 16.2. The highest BCUT2D eigenvalue weighted by molar-refractivity contribution is 7.87. The molecule has 3 atom stereocenters. The lowest BCUT2D eigenvalue weighted by molar-refractivity contribution is -0.568. The Kier molecular flexibility index (Phi) is 24.5. The molecular formula is C63H88N10O12S2+2. The minimum absolute atomic E-state index is 0.0501. The van der Waals surface area contributed by atoms with E-state index in [9.17, 15) is 40.8 Å². The van der Waals surface area contributed by atoms with Crippen molar-refractivity contribution in [1.82, 2.24) is 21.3 Å². The number of quaternary nitrogens is 1. The van der Waals surface area contributed by atoms with E-state index in [1.54, 1.807) is 33.0 Å². The molecule has 0 fully saturated rings. The summed E-state index contributed by atoms with van der Waals surface area (Å²) in [7, 11) is -4.23. The molecule has 22 nitrogen and oxygen atoms in total. The van der Waals surface area contributed by atoms with Crippen LogP contribution < -0.4 is 42.0 Å². The average molecular weight is 1240 g/mol. The highest BCUT2D eigenvalue weighted by Crippen LogP contribution is 2.48. The normalized spacial score (nSPS) is 17.5. The number of fused-ring (bicyclic) bond motifs is 3. The SMILES string of the molecule is CCN1c2cc3c(cc2C(C)=CC1(C)C)/C(=C/C=C/C1=[N+](CCCS(=O)(=O)OC)c2ccc(S(=O)(=O)OC)cc2C1(C)CCCC(=O)NCC[NH2+]C(=O)C(CCCNC(N)=O)NC(=O)C(NC(=O)CCCCN=NC)C(C)C)C=C(c1ccccc1)O3. The van der Waals surface area contributed by atoms with Gasteiger partial charge in [0.2, 0.25) is 23.4 Å². The topological polar surface area (TPSA) is 303 Å². The molecule has 0 spiro atoms. The Morgan fingerprint density at radius 2 is 1.61 bits per heavy atom. The molecule has 3 aromatic rings. The average Bonchev–Trinajstić information content (AvgIpc) is 1.74. The second-order valence-electron chi connectivity index (χ2n) is 22.9. The third kappa shape index (κ3) is 18.1. The molecule has 472 valence electrons. The first-order valence-corrected chi connectivity index (χ1v) is 32.7. The molecule has 3 aromatic carbocycles. The number of allylic oxidation sites excluding steroid dienone is 6. The van der Waals surface area contributed by atoms with Gasteiger partial charge in [0.05, 0.1) is 48.9 Å². The Morgan fingerprint density at radius 3 is 2.29 bits per heavy atom. The Morgan fingerprint density at radius 1 is 0.874 bits per heavy atom. The molecule has 3 aliphatic heterocycles. The first-order chi connectivity index (χ1) is 41.3. The number of ether oxygens (including phenoxy) is 1. The van der Waals surface area contributed by atoms with Crippen LogP contribution in [0.3, 0.4) is 0 Å². The fraction of sp³-hybridized carbons (Fsp3) is 0.492. The van der Waals surface area contributed by atoms with Crippen LogP contribution in [-0.2, 0) is 53.2 Å². The zero-order chi connectivity index (χ0) is 63.7. The summed E-state index contributed by atoms with van der Waals surface area (Å²) < 4.78 is 70.5. The van der Waals surface area contributed by atoms with Gasteiger partial charge in [-0.3, -0.25) is 28.1 Å². The smallest absolute Gasteiger partial charge is 0.332 e. The minimum atomic E-state index is -4.17. The lowest BCUT2D eigenvalue weighted by atomic mass is 9.75. The number of rotatable bonds is 32. The third-order valence-electron chi connectivity index (χ3n) is 15.9. The van der Waals surface area contributed by atoms with Crippen LogP contribution in [0.2, 0.25) is 0 Å². The van der Waals surface area contributed by atoms with Gasteiger partial charge in [-0.2, -0.15) is 31.6 Å². The molecule has 3 heterocycles. The van der Waals surface area contributed by atoms with Crippen LogP contribution in [0.15, 0.2) is 106 Å². The lowest BCUT2D eigenvalue weighted by Crippen LogP contribution is -2.92. The number of nitrogens with two attached hydrogens (primary N) is 2. The number of carbonyl (C=O) groups excluding carboxylic acids is 5. The van der Waals surface area contributed by atoms with Gasteiger partial charge in [0.1, 0.15) is 36.7 Å². The summed E-state index contributed by atoms with van der Waals surface area (Å²) in [4.78, 5) is 67.6. The van der Waals surface area contributed by atoms with Crippen molar-refractivity contribution in [2.45, 2.75) is 134 Å². The Bertz CT molecular complexity index is 3430. The maximum absolute atomic E-state index is 13.7. The first kappa shape index (κ1) is 68.7. The maximum atomic E-state index is 13.7. The number of carbonyl (C=O) groups is 5. The number of azo groups is 1. The number of nitrogens with zero attached hydrogens (tertiary/aromatic N) is 4. The Hall–Kier alpha value is -7.38. The summed E-state index contributed by atoms with van der Waals surface area (Å²) in [5, 5.41) is 20.0. The van der Waals surface area contributed by atoms with Crippen LogP contribution in [0.1, 0.15) is 129 Å². The summed E-state index contributed by atoms with van der Waals surface area (Å²) in [6.45, 7) is 16.0. The predicted octanol–water partition coefficient (Wildman–Crippen LogP) is 6.54. The molecule has 24 heteroatoms. The maximum Gasteiger partial charge on any atom is 0.332 e. The summed E-state index contributed by atoms with van der Waals surface area (Å²) >= 11 is 0.